The van der Waals surface area contributed by atoms with Crippen molar-refractivity contribution in [2.45, 2.75) is 38.3 Å². The average molecular weight is 285 g/mol. The van der Waals surface area contributed by atoms with Crippen molar-refractivity contribution in [2.24, 2.45) is 0 Å². The van der Waals surface area contributed by atoms with E-state index in [-0.39, 0.29) is 12.1 Å². The van der Waals surface area contributed by atoms with Crippen LogP contribution in [-0.2, 0) is 11.2 Å². The van der Waals surface area contributed by atoms with Crippen molar-refractivity contribution in [3.05, 3.63) is 29.3 Å². The third-order valence-corrected chi connectivity index (χ3v) is 3.47. The van der Waals surface area contributed by atoms with Gasteiger partial charge in [-0.2, -0.15) is 0 Å². The van der Waals surface area contributed by atoms with Crippen LogP contribution in [0.4, 0.5) is 8.78 Å². The maximum absolute atomic E-state index is 12.0. The maximum Gasteiger partial charge on any atom is 0.261 e. The molecule has 0 aromatic heterocycles. The lowest BCUT2D eigenvalue weighted by Crippen LogP contribution is -2.19. The molecule has 0 aliphatic carbocycles. The Morgan fingerprint density at radius 2 is 2.25 bits per heavy atom. The zero-order valence-electron chi connectivity index (χ0n) is 11.9. The third kappa shape index (κ3) is 3.90. The van der Waals surface area contributed by atoms with Gasteiger partial charge in [-0.25, -0.2) is 8.78 Å². The van der Waals surface area contributed by atoms with Crippen LogP contribution < -0.4 is 10.1 Å². The summed E-state index contributed by atoms with van der Waals surface area (Å²) in [6, 6.07) is 6.24. The van der Waals surface area contributed by atoms with Crippen LogP contribution in [0.5, 0.6) is 5.75 Å². The van der Waals surface area contributed by atoms with Gasteiger partial charge in [0.15, 0.2) is 0 Å². The van der Waals surface area contributed by atoms with Crippen molar-refractivity contribution in [1.82, 2.24) is 5.32 Å². The lowest BCUT2D eigenvalue weighted by Gasteiger charge is -2.17. The van der Waals surface area contributed by atoms with Gasteiger partial charge >= 0.3 is 0 Å². The lowest BCUT2D eigenvalue weighted by molar-refractivity contribution is 0.0145. The highest BCUT2D eigenvalue weighted by molar-refractivity contribution is 5.41. The molecule has 2 atom stereocenters. The number of halogens is 2. The molecule has 0 bridgehead atoms. The molecule has 0 spiro atoms. The molecule has 5 heteroatoms. The van der Waals surface area contributed by atoms with Gasteiger partial charge < -0.3 is 14.8 Å². The number of alkyl halides is 2. The van der Waals surface area contributed by atoms with Gasteiger partial charge in [-0.1, -0.05) is 12.1 Å². The number of ether oxygens (including phenoxy) is 2. The van der Waals surface area contributed by atoms with Crippen LogP contribution >= 0.6 is 0 Å². The Balaban J connectivity index is 1.93. The lowest BCUT2D eigenvalue weighted by atomic mass is 10.00. The third-order valence-electron chi connectivity index (χ3n) is 3.47. The first-order valence-corrected chi connectivity index (χ1v) is 6.92. The summed E-state index contributed by atoms with van der Waals surface area (Å²) < 4.78 is 34.6. The van der Waals surface area contributed by atoms with Gasteiger partial charge in [0, 0.05) is 19.1 Å². The standard InChI is InChI=1S/C15H21F2NO2/c1-10-7-12-8-11(3-4-14(12)20-10)13(18-2)5-6-19-9-15(16)17/h3-4,8,10,13,15,18H,5-7,9H2,1-2H3. The average Bonchev–Trinajstić information content (AvgIpc) is 2.77. The molecule has 112 valence electrons. The quantitative estimate of drug-likeness (QED) is 0.781. The largest absolute Gasteiger partial charge is 0.490 e. The summed E-state index contributed by atoms with van der Waals surface area (Å²) in [5.74, 6) is 0.949. The minimum absolute atomic E-state index is 0.105. The second-order valence-corrected chi connectivity index (χ2v) is 5.10. The Kier molecular flexibility index (Phi) is 5.31. The summed E-state index contributed by atoms with van der Waals surface area (Å²) in [6.45, 7) is 1.87. The van der Waals surface area contributed by atoms with E-state index in [0.717, 1.165) is 17.7 Å². The van der Waals surface area contributed by atoms with Crippen LogP contribution in [0.15, 0.2) is 18.2 Å². The SMILES string of the molecule is CNC(CCOCC(F)F)c1ccc2c(c1)CC(C)O2. The smallest absolute Gasteiger partial charge is 0.261 e. The van der Waals surface area contributed by atoms with E-state index in [4.69, 9.17) is 9.47 Å². The molecule has 1 aliphatic heterocycles. The van der Waals surface area contributed by atoms with Crippen molar-refractivity contribution >= 4 is 0 Å². The summed E-state index contributed by atoms with van der Waals surface area (Å²) in [5, 5.41) is 3.20. The van der Waals surface area contributed by atoms with Gasteiger partial charge in [-0.15, -0.1) is 0 Å². The van der Waals surface area contributed by atoms with Gasteiger partial charge in [0.2, 0.25) is 0 Å². The first-order chi connectivity index (χ1) is 9.60. The molecule has 1 heterocycles. The van der Waals surface area contributed by atoms with Gasteiger partial charge in [0.1, 0.15) is 18.5 Å². The zero-order valence-corrected chi connectivity index (χ0v) is 11.9. The topological polar surface area (TPSA) is 30.5 Å². The van der Waals surface area contributed by atoms with Crippen molar-refractivity contribution in [3.63, 3.8) is 0 Å². The molecule has 1 aromatic rings. The van der Waals surface area contributed by atoms with E-state index in [2.05, 4.69) is 11.4 Å². The Hall–Kier alpha value is -1.20. The highest BCUT2D eigenvalue weighted by atomic mass is 19.3. The number of hydrogen-bond acceptors (Lipinski definition) is 3. The highest BCUT2D eigenvalue weighted by Gasteiger charge is 2.20. The molecule has 0 saturated carbocycles. The first-order valence-electron chi connectivity index (χ1n) is 6.92. The summed E-state index contributed by atoms with van der Waals surface area (Å²) in [7, 11) is 1.87. The Morgan fingerprint density at radius 3 is 2.95 bits per heavy atom. The molecule has 0 fully saturated rings. The monoisotopic (exact) mass is 285 g/mol. The van der Waals surface area contributed by atoms with E-state index in [9.17, 15) is 8.78 Å². The second kappa shape index (κ2) is 6.99. The van der Waals surface area contributed by atoms with Gasteiger partial charge in [0.25, 0.3) is 6.43 Å². The molecular weight excluding hydrogens is 264 g/mol. The number of rotatable bonds is 7. The molecule has 2 unspecified atom stereocenters. The summed E-state index contributed by atoms with van der Waals surface area (Å²) in [6.07, 6.45) is -0.593. The molecular formula is C15H21F2NO2. The normalized spacial score (nSPS) is 18.9. The number of nitrogens with one attached hydrogen (secondary N) is 1. The fraction of sp³-hybridized carbons (Fsp3) is 0.600. The Bertz CT molecular complexity index is 440. The number of hydrogen-bond donors (Lipinski definition) is 1. The Morgan fingerprint density at radius 1 is 1.45 bits per heavy atom. The highest BCUT2D eigenvalue weighted by Crippen LogP contribution is 2.31. The minimum atomic E-state index is -2.40. The maximum atomic E-state index is 12.0. The predicted molar refractivity (Wildman–Crippen MR) is 73.5 cm³/mol. The zero-order chi connectivity index (χ0) is 14.5. The first kappa shape index (κ1) is 15.2. The van der Waals surface area contributed by atoms with Crippen LogP contribution in [0.1, 0.15) is 30.5 Å². The van der Waals surface area contributed by atoms with Crippen LogP contribution in [0.3, 0.4) is 0 Å². The molecule has 3 nitrogen and oxygen atoms in total. The van der Waals surface area contributed by atoms with Crippen molar-refractivity contribution in [3.8, 4) is 5.75 Å². The van der Waals surface area contributed by atoms with E-state index in [1.165, 1.54) is 5.56 Å². The van der Waals surface area contributed by atoms with Crippen molar-refractivity contribution in [1.29, 1.82) is 0 Å². The van der Waals surface area contributed by atoms with E-state index in [1.807, 2.05) is 26.1 Å². The molecule has 2 rings (SSSR count). The van der Waals surface area contributed by atoms with E-state index < -0.39 is 13.0 Å². The molecule has 1 aliphatic rings. The summed E-state index contributed by atoms with van der Waals surface area (Å²) in [4.78, 5) is 0. The molecule has 1 aromatic carbocycles. The predicted octanol–water partition coefficient (Wildman–Crippen LogP) is 2.94. The minimum Gasteiger partial charge on any atom is -0.490 e. The molecule has 20 heavy (non-hydrogen) atoms. The van der Waals surface area contributed by atoms with Gasteiger partial charge in [0.05, 0.1) is 0 Å². The molecule has 1 N–H and O–H groups in total. The number of benzene rings is 1. The Labute approximate surface area is 118 Å². The van der Waals surface area contributed by atoms with Gasteiger partial charge in [-0.05, 0) is 37.6 Å². The second-order valence-electron chi connectivity index (χ2n) is 5.10. The summed E-state index contributed by atoms with van der Waals surface area (Å²) in [5.41, 5.74) is 2.35. The summed E-state index contributed by atoms with van der Waals surface area (Å²) >= 11 is 0. The van der Waals surface area contributed by atoms with Gasteiger partial charge in [-0.3, -0.25) is 0 Å². The fourth-order valence-corrected chi connectivity index (χ4v) is 2.51. The van der Waals surface area contributed by atoms with E-state index >= 15 is 0 Å². The molecule has 0 radical (unpaired) electrons. The van der Waals surface area contributed by atoms with Crippen LogP contribution in [0.2, 0.25) is 0 Å². The van der Waals surface area contributed by atoms with E-state index in [1.54, 1.807) is 0 Å². The number of fused-ring (bicyclic) bond motifs is 1. The van der Waals surface area contributed by atoms with Crippen LogP contribution in [0.25, 0.3) is 0 Å². The molecule has 0 saturated heterocycles. The molecule has 0 amide bonds. The fourth-order valence-electron chi connectivity index (χ4n) is 2.51. The van der Waals surface area contributed by atoms with Crippen LogP contribution in [0, 0.1) is 0 Å². The van der Waals surface area contributed by atoms with Crippen molar-refractivity contribution < 1.29 is 18.3 Å². The van der Waals surface area contributed by atoms with Crippen molar-refractivity contribution in [2.75, 3.05) is 20.3 Å². The van der Waals surface area contributed by atoms with Crippen LogP contribution in [-0.4, -0.2) is 32.8 Å². The van der Waals surface area contributed by atoms with E-state index in [0.29, 0.717) is 13.0 Å².